The number of amides is 1. The van der Waals surface area contributed by atoms with Crippen molar-refractivity contribution >= 4 is 28.8 Å². The highest BCUT2D eigenvalue weighted by Crippen LogP contribution is 2.15. The summed E-state index contributed by atoms with van der Waals surface area (Å²) in [6, 6.07) is 3.16. The smallest absolute Gasteiger partial charge is 0.413 e. The first-order valence-corrected chi connectivity index (χ1v) is 5.93. The summed E-state index contributed by atoms with van der Waals surface area (Å²) in [6.07, 6.45) is -0.594. The number of rotatable bonds is 2. The molecule has 1 rings (SSSR count). The Bertz CT molecular complexity index is 441. The number of nitrogens with zero attached hydrogens (tertiary/aromatic N) is 2. The third kappa shape index (κ3) is 5.48. The van der Waals surface area contributed by atoms with E-state index in [2.05, 4.69) is 15.5 Å². The van der Waals surface area contributed by atoms with Gasteiger partial charge < -0.3 is 10.5 Å². The molecule has 1 amide bonds. The number of amidine groups is 1. The monoisotopic (exact) mass is 269 g/mol. The highest BCUT2D eigenvalue weighted by atomic mass is 32.2. The number of ether oxygens (including phenoxy) is 1. The molecule has 7 nitrogen and oxygen atoms in total. The number of nitrogens with two attached hydrogens (primary N) is 1. The molecule has 0 radical (unpaired) electrons. The minimum atomic E-state index is -0.594. The molecule has 1 aromatic heterocycles. The molecule has 0 aliphatic rings. The number of carbonyl (C=O) groups excluding carboxylic acids is 1. The van der Waals surface area contributed by atoms with Crippen LogP contribution in [0.2, 0.25) is 0 Å². The maximum absolute atomic E-state index is 11.4. The Morgan fingerprint density at radius 1 is 1.44 bits per heavy atom. The molecule has 0 unspecified atom stereocenters. The van der Waals surface area contributed by atoms with Gasteiger partial charge in [0.15, 0.2) is 11.0 Å². The first-order chi connectivity index (χ1) is 8.26. The van der Waals surface area contributed by atoms with Crippen molar-refractivity contribution in [3.05, 3.63) is 12.1 Å². The molecule has 0 saturated heterocycles. The van der Waals surface area contributed by atoms with Gasteiger partial charge in [-0.05, 0) is 44.7 Å². The Balaban J connectivity index is 2.58. The van der Waals surface area contributed by atoms with Gasteiger partial charge in [-0.25, -0.2) is 4.79 Å². The average molecular weight is 269 g/mol. The third-order valence-corrected chi connectivity index (χ3v) is 2.13. The predicted molar refractivity (Wildman–Crippen MR) is 69.7 cm³/mol. The second-order valence-electron chi connectivity index (χ2n) is 4.35. The van der Waals surface area contributed by atoms with Gasteiger partial charge in [-0.15, -0.1) is 10.2 Å². The Morgan fingerprint density at radius 3 is 2.56 bits per heavy atom. The first-order valence-electron chi connectivity index (χ1n) is 5.12. The van der Waals surface area contributed by atoms with Crippen molar-refractivity contribution in [1.29, 1.82) is 5.41 Å². The second-order valence-corrected chi connectivity index (χ2v) is 5.41. The van der Waals surface area contributed by atoms with Crippen LogP contribution in [-0.2, 0) is 4.74 Å². The Morgan fingerprint density at radius 2 is 2.11 bits per heavy atom. The van der Waals surface area contributed by atoms with Crippen LogP contribution in [0.4, 0.5) is 10.6 Å². The highest BCUT2D eigenvalue weighted by Gasteiger charge is 2.16. The van der Waals surface area contributed by atoms with E-state index in [0.717, 1.165) is 11.8 Å². The summed E-state index contributed by atoms with van der Waals surface area (Å²) in [5.41, 5.74) is 4.63. The number of hydrogen-bond donors (Lipinski definition) is 3. The normalized spacial score (nSPS) is 10.8. The lowest BCUT2D eigenvalue weighted by molar-refractivity contribution is 0.0635. The van der Waals surface area contributed by atoms with E-state index in [1.165, 1.54) is 0 Å². The van der Waals surface area contributed by atoms with Gasteiger partial charge in [0.2, 0.25) is 0 Å². The largest absolute Gasteiger partial charge is 0.444 e. The molecule has 98 valence electrons. The molecule has 18 heavy (non-hydrogen) atoms. The minimum absolute atomic E-state index is 0.0721. The van der Waals surface area contributed by atoms with Crippen LogP contribution >= 0.6 is 11.8 Å². The Kier molecular flexibility index (Phi) is 4.49. The van der Waals surface area contributed by atoms with Crippen LogP contribution in [0.5, 0.6) is 0 Å². The van der Waals surface area contributed by atoms with E-state index < -0.39 is 11.7 Å². The number of thioether (sulfide) groups is 1. The zero-order valence-electron chi connectivity index (χ0n) is 10.4. The van der Waals surface area contributed by atoms with Crippen LogP contribution in [-0.4, -0.2) is 27.1 Å². The lowest BCUT2D eigenvalue weighted by Crippen LogP contribution is -2.27. The number of nitrogens with one attached hydrogen (secondary N) is 2. The van der Waals surface area contributed by atoms with E-state index in [4.69, 9.17) is 15.9 Å². The van der Waals surface area contributed by atoms with E-state index in [1.54, 1.807) is 32.9 Å². The summed E-state index contributed by atoms with van der Waals surface area (Å²) in [4.78, 5) is 11.4. The van der Waals surface area contributed by atoms with Crippen LogP contribution < -0.4 is 11.1 Å². The molecule has 0 aliphatic heterocycles. The molecule has 1 heterocycles. The van der Waals surface area contributed by atoms with Gasteiger partial charge >= 0.3 is 6.09 Å². The number of anilines is 1. The van der Waals surface area contributed by atoms with Crippen LogP contribution in [0.1, 0.15) is 20.8 Å². The summed E-state index contributed by atoms with van der Waals surface area (Å²) in [5.74, 6) is 0.275. The predicted octanol–water partition coefficient (Wildman–Crippen LogP) is 1.81. The van der Waals surface area contributed by atoms with Gasteiger partial charge in [0.25, 0.3) is 0 Å². The molecular weight excluding hydrogens is 254 g/mol. The van der Waals surface area contributed by atoms with E-state index in [1.807, 2.05) is 0 Å². The van der Waals surface area contributed by atoms with Crippen molar-refractivity contribution in [2.75, 3.05) is 5.32 Å². The van der Waals surface area contributed by atoms with Crippen LogP contribution in [0.15, 0.2) is 17.2 Å². The molecule has 0 bridgehead atoms. The van der Waals surface area contributed by atoms with E-state index >= 15 is 0 Å². The zero-order valence-corrected chi connectivity index (χ0v) is 11.2. The van der Waals surface area contributed by atoms with Crippen molar-refractivity contribution in [2.24, 2.45) is 5.73 Å². The SMILES string of the molecule is CC(C)(C)OC(=O)Nc1ccc(SC(=N)N)nn1. The molecule has 4 N–H and O–H groups in total. The first kappa shape index (κ1) is 14.2. The van der Waals surface area contributed by atoms with Gasteiger partial charge in [0.1, 0.15) is 10.6 Å². The van der Waals surface area contributed by atoms with E-state index in [9.17, 15) is 4.79 Å². The van der Waals surface area contributed by atoms with E-state index in [0.29, 0.717) is 5.03 Å². The molecule has 0 aliphatic carbocycles. The van der Waals surface area contributed by atoms with E-state index in [-0.39, 0.29) is 11.0 Å². The summed E-state index contributed by atoms with van der Waals surface area (Å²) >= 11 is 0.980. The van der Waals surface area contributed by atoms with Crippen molar-refractivity contribution < 1.29 is 9.53 Å². The fourth-order valence-electron chi connectivity index (χ4n) is 0.962. The number of hydrogen-bond acceptors (Lipinski definition) is 6. The molecule has 0 atom stereocenters. The lowest BCUT2D eigenvalue weighted by Gasteiger charge is -2.19. The molecule has 0 aromatic carbocycles. The van der Waals surface area contributed by atoms with Gasteiger partial charge in [-0.3, -0.25) is 10.7 Å². The third-order valence-electron chi connectivity index (χ3n) is 1.48. The molecular formula is C10H15N5O2S. The second kappa shape index (κ2) is 5.67. The standard InChI is InChI=1S/C10H15N5O2S/c1-10(2,3)17-9(16)13-6-4-5-7(15-14-6)18-8(11)12/h4-5H,1-3H3,(H3,11,12)(H,13,14,16). The van der Waals surface area contributed by atoms with Gasteiger partial charge in [-0.2, -0.15) is 0 Å². The molecule has 0 fully saturated rings. The summed E-state index contributed by atoms with van der Waals surface area (Å²) in [6.45, 7) is 5.31. The zero-order chi connectivity index (χ0) is 13.8. The average Bonchev–Trinajstić information content (AvgIpc) is 2.17. The van der Waals surface area contributed by atoms with Gasteiger partial charge in [0.05, 0.1) is 0 Å². The summed E-state index contributed by atoms with van der Waals surface area (Å²) in [5, 5.41) is 17.5. The maximum atomic E-state index is 11.4. The molecule has 1 aromatic rings. The van der Waals surface area contributed by atoms with Gasteiger partial charge in [0, 0.05) is 0 Å². The van der Waals surface area contributed by atoms with Crippen molar-refractivity contribution in [2.45, 2.75) is 31.4 Å². The quantitative estimate of drug-likeness (QED) is 0.428. The maximum Gasteiger partial charge on any atom is 0.413 e. The Labute approximate surface area is 109 Å². The minimum Gasteiger partial charge on any atom is -0.444 e. The van der Waals surface area contributed by atoms with Crippen molar-refractivity contribution in [1.82, 2.24) is 10.2 Å². The fourth-order valence-corrected chi connectivity index (χ4v) is 1.41. The Hall–Kier alpha value is -1.83. The van der Waals surface area contributed by atoms with Gasteiger partial charge in [-0.1, -0.05) is 0 Å². The number of aromatic nitrogens is 2. The lowest BCUT2D eigenvalue weighted by atomic mass is 10.2. The van der Waals surface area contributed by atoms with Crippen LogP contribution in [0, 0.1) is 5.41 Å². The highest BCUT2D eigenvalue weighted by molar-refractivity contribution is 8.13. The summed E-state index contributed by atoms with van der Waals surface area (Å²) in [7, 11) is 0. The molecule has 0 saturated carbocycles. The topological polar surface area (TPSA) is 114 Å². The fraction of sp³-hybridized carbons (Fsp3) is 0.400. The number of carbonyl (C=O) groups is 1. The summed E-state index contributed by atoms with van der Waals surface area (Å²) < 4.78 is 5.06. The van der Waals surface area contributed by atoms with Crippen LogP contribution in [0.25, 0.3) is 0 Å². The molecule has 8 heteroatoms. The van der Waals surface area contributed by atoms with Crippen LogP contribution in [0.3, 0.4) is 0 Å². The molecule has 0 spiro atoms. The van der Waals surface area contributed by atoms with Crippen molar-refractivity contribution in [3.63, 3.8) is 0 Å². The van der Waals surface area contributed by atoms with Crippen molar-refractivity contribution in [3.8, 4) is 0 Å².